The van der Waals surface area contributed by atoms with Crippen molar-refractivity contribution >= 4 is 11.8 Å². The minimum absolute atomic E-state index is 0.170. The molecular formula is C9H12N2O2. The SMILES string of the molecule is O=C1C=CC(=O)N1CC1CCNC1. The van der Waals surface area contributed by atoms with Crippen molar-refractivity contribution in [1.29, 1.82) is 0 Å². The van der Waals surface area contributed by atoms with E-state index < -0.39 is 0 Å². The van der Waals surface area contributed by atoms with E-state index in [1.54, 1.807) is 0 Å². The Kier molecular flexibility index (Phi) is 2.14. The van der Waals surface area contributed by atoms with Crippen LogP contribution in [0.3, 0.4) is 0 Å². The molecule has 0 spiro atoms. The highest BCUT2D eigenvalue weighted by Gasteiger charge is 2.27. The molecule has 0 aliphatic carbocycles. The second kappa shape index (κ2) is 3.30. The lowest BCUT2D eigenvalue weighted by molar-refractivity contribution is -0.137. The minimum Gasteiger partial charge on any atom is -0.316 e. The second-order valence-corrected chi connectivity index (χ2v) is 3.48. The molecule has 2 rings (SSSR count). The Morgan fingerprint density at radius 3 is 2.62 bits per heavy atom. The minimum atomic E-state index is -0.170. The Morgan fingerprint density at radius 2 is 2.08 bits per heavy atom. The van der Waals surface area contributed by atoms with Crippen molar-refractivity contribution in [2.45, 2.75) is 6.42 Å². The zero-order valence-electron chi connectivity index (χ0n) is 7.32. The average Bonchev–Trinajstić information content (AvgIpc) is 2.70. The monoisotopic (exact) mass is 180 g/mol. The lowest BCUT2D eigenvalue weighted by atomic mass is 10.1. The number of hydrogen-bond donors (Lipinski definition) is 1. The van der Waals surface area contributed by atoms with Crippen LogP contribution in [-0.4, -0.2) is 36.3 Å². The summed E-state index contributed by atoms with van der Waals surface area (Å²) in [5.41, 5.74) is 0. The van der Waals surface area contributed by atoms with E-state index in [-0.39, 0.29) is 11.8 Å². The summed E-state index contributed by atoms with van der Waals surface area (Å²) in [6, 6.07) is 0. The van der Waals surface area contributed by atoms with Crippen molar-refractivity contribution < 1.29 is 9.59 Å². The largest absolute Gasteiger partial charge is 0.316 e. The Hall–Kier alpha value is -1.16. The summed E-state index contributed by atoms with van der Waals surface area (Å²) in [5, 5.41) is 3.21. The molecule has 4 nitrogen and oxygen atoms in total. The van der Waals surface area contributed by atoms with Gasteiger partial charge in [0.05, 0.1) is 0 Å². The molecule has 2 aliphatic heterocycles. The van der Waals surface area contributed by atoms with E-state index in [9.17, 15) is 9.59 Å². The van der Waals surface area contributed by atoms with Crippen molar-refractivity contribution in [3.05, 3.63) is 12.2 Å². The molecule has 0 saturated carbocycles. The van der Waals surface area contributed by atoms with Gasteiger partial charge in [-0.25, -0.2) is 0 Å². The van der Waals surface area contributed by atoms with Gasteiger partial charge in [0, 0.05) is 18.7 Å². The third-order valence-corrected chi connectivity index (χ3v) is 2.50. The third-order valence-electron chi connectivity index (χ3n) is 2.50. The Morgan fingerprint density at radius 1 is 1.38 bits per heavy atom. The van der Waals surface area contributed by atoms with E-state index in [0.29, 0.717) is 12.5 Å². The van der Waals surface area contributed by atoms with Gasteiger partial charge in [0.25, 0.3) is 11.8 Å². The molecule has 1 atom stereocenters. The maximum atomic E-state index is 11.2. The van der Waals surface area contributed by atoms with Crippen molar-refractivity contribution in [1.82, 2.24) is 10.2 Å². The summed E-state index contributed by atoms with van der Waals surface area (Å²) in [7, 11) is 0. The fourth-order valence-electron chi connectivity index (χ4n) is 1.74. The molecule has 1 unspecified atom stereocenters. The molecule has 0 bridgehead atoms. The number of imide groups is 1. The van der Waals surface area contributed by atoms with Crippen LogP contribution in [0.5, 0.6) is 0 Å². The zero-order valence-corrected chi connectivity index (χ0v) is 7.32. The van der Waals surface area contributed by atoms with Crippen LogP contribution in [0.2, 0.25) is 0 Å². The molecule has 1 saturated heterocycles. The van der Waals surface area contributed by atoms with Gasteiger partial charge in [-0.3, -0.25) is 14.5 Å². The first-order valence-electron chi connectivity index (χ1n) is 4.51. The standard InChI is InChI=1S/C9H12N2O2/c12-8-1-2-9(13)11(8)6-7-3-4-10-5-7/h1-2,7,10H,3-6H2. The number of amides is 2. The molecule has 1 N–H and O–H groups in total. The highest BCUT2D eigenvalue weighted by molar-refractivity contribution is 6.12. The zero-order chi connectivity index (χ0) is 9.26. The maximum Gasteiger partial charge on any atom is 0.253 e. The summed E-state index contributed by atoms with van der Waals surface area (Å²) in [5.74, 6) is 0.0987. The first kappa shape index (κ1) is 8.44. The predicted octanol–water partition coefficient (Wildman–Crippen LogP) is -0.479. The van der Waals surface area contributed by atoms with E-state index in [1.807, 2.05) is 0 Å². The molecule has 70 valence electrons. The van der Waals surface area contributed by atoms with Crippen LogP contribution in [0.1, 0.15) is 6.42 Å². The molecule has 2 heterocycles. The van der Waals surface area contributed by atoms with Crippen molar-refractivity contribution in [2.24, 2.45) is 5.92 Å². The topological polar surface area (TPSA) is 49.4 Å². The van der Waals surface area contributed by atoms with Crippen molar-refractivity contribution in [3.63, 3.8) is 0 Å². The third kappa shape index (κ3) is 1.62. The van der Waals surface area contributed by atoms with Gasteiger partial charge < -0.3 is 5.32 Å². The molecule has 0 aromatic heterocycles. The molecule has 0 aromatic carbocycles. The van der Waals surface area contributed by atoms with Crippen LogP contribution in [0.25, 0.3) is 0 Å². The van der Waals surface area contributed by atoms with Gasteiger partial charge in [0.15, 0.2) is 0 Å². The highest BCUT2D eigenvalue weighted by atomic mass is 16.2. The first-order valence-corrected chi connectivity index (χ1v) is 4.51. The Balaban J connectivity index is 1.94. The highest BCUT2D eigenvalue weighted by Crippen LogP contribution is 2.13. The van der Waals surface area contributed by atoms with E-state index in [4.69, 9.17) is 0 Å². The lowest BCUT2D eigenvalue weighted by Gasteiger charge is -2.17. The smallest absolute Gasteiger partial charge is 0.253 e. The predicted molar refractivity (Wildman–Crippen MR) is 46.8 cm³/mol. The molecule has 1 fully saturated rings. The summed E-state index contributed by atoms with van der Waals surface area (Å²) in [4.78, 5) is 23.7. The number of nitrogens with zero attached hydrogens (tertiary/aromatic N) is 1. The fraction of sp³-hybridized carbons (Fsp3) is 0.556. The molecule has 2 aliphatic rings. The van der Waals surface area contributed by atoms with Gasteiger partial charge in [0.1, 0.15) is 0 Å². The van der Waals surface area contributed by atoms with Gasteiger partial charge >= 0.3 is 0 Å². The number of rotatable bonds is 2. The first-order chi connectivity index (χ1) is 6.27. The summed E-state index contributed by atoms with van der Waals surface area (Å²) in [6.07, 6.45) is 3.73. The number of carbonyl (C=O) groups is 2. The van der Waals surface area contributed by atoms with Crippen LogP contribution in [0, 0.1) is 5.92 Å². The van der Waals surface area contributed by atoms with E-state index in [2.05, 4.69) is 5.32 Å². The number of carbonyl (C=O) groups excluding carboxylic acids is 2. The van der Waals surface area contributed by atoms with E-state index in [1.165, 1.54) is 17.1 Å². The number of hydrogen-bond acceptors (Lipinski definition) is 3. The van der Waals surface area contributed by atoms with Crippen LogP contribution >= 0.6 is 0 Å². The lowest BCUT2D eigenvalue weighted by Crippen LogP contribution is -2.35. The van der Waals surface area contributed by atoms with Crippen molar-refractivity contribution in [2.75, 3.05) is 19.6 Å². The van der Waals surface area contributed by atoms with E-state index >= 15 is 0 Å². The molecule has 2 amide bonds. The summed E-state index contributed by atoms with van der Waals surface area (Å²) >= 11 is 0. The van der Waals surface area contributed by atoms with Gasteiger partial charge in [-0.15, -0.1) is 0 Å². The van der Waals surface area contributed by atoms with Gasteiger partial charge in [-0.2, -0.15) is 0 Å². The Bertz CT molecular complexity index is 249. The van der Waals surface area contributed by atoms with Gasteiger partial charge in [0.2, 0.25) is 0 Å². The van der Waals surface area contributed by atoms with Crippen LogP contribution in [-0.2, 0) is 9.59 Å². The second-order valence-electron chi connectivity index (χ2n) is 3.48. The number of nitrogens with one attached hydrogen (secondary N) is 1. The average molecular weight is 180 g/mol. The normalized spacial score (nSPS) is 27.7. The fourth-order valence-corrected chi connectivity index (χ4v) is 1.74. The van der Waals surface area contributed by atoms with E-state index in [0.717, 1.165) is 19.5 Å². The molecular weight excluding hydrogens is 168 g/mol. The van der Waals surface area contributed by atoms with Crippen LogP contribution in [0.15, 0.2) is 12.2 Å². The molecule has 4 heteroatoms. The molecule has 0 radical (unpaired) electrons. The van der Waals surface area contributed by atoms with Crippen LogP contribution < -0.4 is 5.32 Å². The quantitative estimate of drug-likeness (QED) is 0.584. The molecule has 0 aromatic rings. The summed E-state index contributed by atoms with van der Waals surface area (Å²) in [6.45, 7) is 2.48. The van der Waals surface area contributed by atoms with Gasteiger partial charge in [-0.1, -0.05) is 0 Å². The van der Waals surface area contributed by atoms with Crippen LogP contribution in [0.4, 0.5) is 0 Å². The van der Waals surface area contributed by atoms with Crippen molar-refractivity contribution in [3.8, 4) is 0 Å². The Labute approximate surface area is 76.6 Å². The summed E-state index contributed by atoms with van der Waals surface area (Å²) < 4.78 is 0. The maximum absolute atomic E-state index is 11.2. The molecule has 13 heavy (non-hydrogen) atoms. The van der Waals surface area contributed by atoms with Gasteiger partial charge in [-0.05, 0) is 25.4 Å².